The number of fused-ring (bicyclic) bond motifs is 3. The highest BCUT2D eigenvalue weighted by Crippen LogP contribution is 2.42. The van der Waals surface area contributed by atoms with Crippen molar-refractivity contribution >= 4 is 51.6 Å². The summed E-state index contributed by atoms with van der Waals surface area (Å²) < 4.78 is 19.5. The smallest absolute Gasteiger partial charge is 0.456 e. The van der Waals surface area contributed by atoms with Crippen LogP contribution in [0.4, 0.5) is 17.1 Å². The van der Waals surface area contributed by atoms with Gasteiger partial charge in [-0.2, -0.15) is 0 Å². The molecule has 0 aliphatic carbocycles. The number of anilines is 3. The Morgan fingerprint density at radius 2 is 0.868 bits per heavy atom. The lowest BCUT2D eigenvalue weighted by molar-refractivity contribution is 0.00578. The zero-order valence-corrected chi connectivity index (χ0v) is 30.4. The van der Waals surface area contributed by atoms with Crippen molar-refractivity contribution in [2.45, 2.75) is 38.9 Å². The van der Waals surface area contributed by atoms with E-state index in [4.69, 9.17) is 13.7 Å². The van der Waals surface area contributed by atoms with Gasteiger partial charge in [-0.3, -0.25) is 0 Å². The number of hydrogen-bond acceptors (Lipinski definition) is 4. The van der Waals surface area contributed by atoms with Gasteiger partial charge in [0.2, 0.25) is 0 Å². The first-order valence-electron chi connectivity index (χ1n) is 18.3. The lowest BCUT2D eigenvalue weighted by atomic mass is 9.77. The van der Waals surface area contributed by atoms with Crippen LogP contribution in [0.5, 0.6) is 0 Å². The van der Waals surface area contributed by atoms with Gasteiger partial charge in [0, 0.05) is 27.8 Å². The van der Waals surface area contributed by atoms with Crippen molar-refractivity contribution in [1.29, 1.82) is 0 Å². The Bertz CT molecular complexity index is 2440. The van der Waals surface area contributed by atoms with Gasteiger partial charge in [-0.1, -0.05) is 121 Å². The Kier molecular flexibility index (Phi) is 8.07. The first-order chi connectivity index (χ1) is 25.7. The van der Waals surface area contributed by atoms with Crippen LogP contribution in [-0.4, -0.2) is 18.3 Å². The maximum absolute atomic E-state index is 6.52. The molecule has 5 heteroatoms. The van der Waals surface area contributed by atoms with Crippen molar-refractivity contribution in [3.05, 3.63) is 170 Å². The van der Waals surface area contributed by atoms with E-state index in [0.717, 1.165) is 55.6 Å². The van der Waals surface area contributed by atoms with E-state index in [1.54, 1.807) is 0 Å². The van der Waals surface area contributed by atoms with Crippen molar-refractivity contribution in [2.75, 3.05) is 4.90 Å². The molecule has 0 radical (unpaired) electrons. The van der Waals surface area contributed by atoms with E-state index in [9.17, 15) is 0 Å². The molecule has 0 atom stereocenters. The minimum absolute atomic E-state index is 0.454. The largest absolute Gasteiger partial charge is 0.494 e. The summed E-state index contributed by atoms with van der Waals surface area (Å²) in [6, 6.07) is 60.0. The molecule has 9 rings (SSSR count). The Balaban J connectivity index is 1.14. The Morgan fingerprint density at radius 1 is 0.434 bits per heavy atom. The zero-order chi connectivity index (χ0) is 36.2. The molecule has 1 aliphatic rings. The van der Waals surface area contributed by atoms with Crippen LogP contribution in [0, 0.1) is 0 Å². The molecule has 1 aliphatic heterocycles. The average molecular weight is 690 g/mol. The van der Waals surface area contributed by atoms with Crippen LogP contribution in [-0.2, 0) is 9.31 Å². The van der Waals surface area contributed by atoms with E-state index in [1.165, 1.54) is 22.3 Å². The summed E-state index contributed by atoms with van der Waals surface area (Å²) in [6.45, 7) is 8.34. The maximum atomic E-state index is 6.52. The highest BCUT2D eigenvalue weighted by molar-refractivity contribution is 6.62. The van der Waals surface area contributed by atoms with Crippen LogP contribution >= 0.6 is 0 Å². The molecular formula is C48H40BNO3. The summed E-state index contributed by atoms with van der Waals surface area (Å²) in [5.41, 5.74) is 11.8. The SMILES string of the molecule is CC1(C)OB(c2cc(-c3ccc(N(c4ccc(-c5ccccc5)cc4)c4ccc(-c5ccccc5)cc4)cc3)c3c(c2)oc2ccccc23)OC1(C)C. The predicted molar refractivity (Wildman–Crippen MR) is 220 cm³/mol. The lowest BCUT2D eigenvalue weighted by Gasteiger charge is -2.32. The van der Waals surface area contributed by atoms with Crippen LogP contribution in [0.2, 0.25) is 0 Å². The second kappa shape index (κ2) is 13.0. The minimum atomic E-state index is -0.510. The number of para-hydroxylation sites is 1. The Hall–Kier alpha value is -5.88. The first-order valence-corrected chi connectivity index (χ1v) is 18.3. The van der Waals surface area contributed by atoms with E-state index >= 15 is 0 Å². The Morgan fingerprint density at radius 3 is 1.38 bits per heavy atom. The molecular weight excluding hydrogens is 649 g/mol. The van der Waals surface area contributed by atoms with Gasteiger partial charge >= 0.3 is 7.12 Å². The second-order valence-corrected chi connectivity index (χ2v) is 14.8. The fraction of sp³-hybridized carbons (Fsp3) is 0.125. The predicted octanol–water partition coefficient (Wildman–Crippen LogP) is 12.4. The number of benzene rings is 7. The van der Waals surface area contributed by atoms with E-state index < -0.39 is 18.3 Å². The fourth-order valence-corrected chi connectivity index (χ4v) is 7.32. The highest BCUT2D eigenvalue weighted by atomic mass is 16.7. The molecule has 4 nitrogen and oxygen atoms in total. The van der Waals surface area contributed by atoms with Gasteiger partial charge in [0.05, 0.1) is 11.2 Å². The van der Waals surface area contributed by atoms with Crippen molar-refractivity contribution in [1.82, 2.24) is 0 Å². The number of hydrogen-bond donors (Lipinski definition) is 0. The van der Waals surface area contributed by atoms with Crippen LogP contribution in [0.25, 0.3) is 55.3 Å². The number of nitrogens with zero attached hydrogens (tertiary/aromatic N) is 1. The Labute approximate surface area is 311 Å². The molecule has 1 aromatic heterocycles. The molecule has 1 fully saturated rings. The van der Waals surface area contributed by atoms with Crippen molar-refractivity contribution < 1.29 is 13.7 Å². The van der Waals surface area contributed by atoms with Gasteiger partial charge in [-0.15, -0.1) is 0 Å². The van der Waals surface area contributed by atoms with E-state index in [2.05, 4.69) is 190 Å². The van der Waals surface area contributed by atoms with Crippen molar-refractivity contribution in [3.63, 3.8) is 0 Å². The zero-order valence-electron chi connectivity index (χ0n) is 30.4. The summed E-state index contributed by atoms with van der Waals surface area (Å²) in [7, 11) is -0.510. The molecule has 53 heavy (non-hydrogen) atoms. The summed E-state index contributed by atoms with van der Waals surface area (Å²) in [5, 5.41) is 2.17. The highest BCUT2D eigenvalue weighted by Gasteiger charge is 2.52. The quantitative estimate of drug-likeness (QED) is 0.156. The third-order valence-corrected chi connectivity index (χ3v) is 10.9. The van der Waals surface area contributed by atoms with Crippen LogP contribution in [0.1, 0.15) is 27.7 Å². The third-order valence-electron chi connectivity index (χ3n) is 10.9. The van der Waals surface area contributed by atoms with Gasteiger partial charge in [-0.05, 0) is 115 Å². The monoisotopic (exact) mass is 689 g/mol. The average Bonchev–Trinajstić information content (AvgIpc) is 3.68. The summed E-state index contributed by atoms with van der Waals surface area (Å²) in [5.74, 6) is 0. The van der Waals surface area contributed by atoms with Crippen molar-refractivity contribution in [2.24, 2.45) is 0 Å². The number of rotatable bonds is 7. The standard InChI is InChI=1S/C48H40BNO3/c1-47(2)48(3,4)53-49(52-47)38-31-43(46-42-17-11-12-18-44(42)51-45(46)32-38)37-23-29-41(30-24-37)50(39-25-19-35(20-26-39)33-13-7-5-8-14-33)40-27-21-36(22-28-40)34-15-9-6-10-16-34/h5-32H,1-4H3. The third kappa shape index (κ3) is 6.02. The molecule has 0 saturated carbocycles. The molecule has 0 N–H and O–H groups in total. The second-order valence-electron chi connectivity index (χ2n) is 14.8. The van der Waals surface area contributed by atoms with Crippen LogP contribution in [0.3, 0.4) is 0 Å². The minimum Gasteiger partial charge on any atom is -0.456 e. The number of furan rings is 1. The molecule has 2 heterocycles. The lowest BCUT2D eigenvalue weighted by Crippen LogP contribution is -2.41. The molecule has 8 aromatic rings. The van der Waals surface area contributed by atoms with E-state index in [0.29, 0.717) is 0 Å². The van der Waals surface area contributed by atoms with Crippen LogP contribution in [0.15, 0.2) is 174 Å². The molecule has 0 amide bonds. The summed E-state index contributed by atoms with van der Waals surface area (Å²) in [6.07, 6.45) is 0. The van der Waals surface area contributed by atoms with Gasteiger partial charge in [0.15, 0.2) is 0 Å². The van der Waals surface area contributed by atoms with Gasteiger partial charge < -0.3 is 18.6 Å². The molecule has 7 aromatic carbocycles. The maximum Gasteiger partial charge on any atom is 0.494 e. The summed E-state index contributed by atoms with van der Waals surface area (Å²) >= 11 is 0. The molecule has 0 unspecified atom stereocenters. The van der Waals surface area contributed by atoms with Gasteiger partial charge in [0.25, 0.3) is 0 Å². The topological polar surface area (TPSA) is 34.8 Å². The first kappa shape index (κ1) is 33.0. The summed E-state index contributed by atoms with van der Waals surface area (Å²) in [4.78, 5) is 2.32. The fourth-order valence-electron chi connectivity index (χ4n) is 7.32. The van der Waals surface area contributed by atoms with Crippen LogP contribution < -0.4 is 10.4 Å². The normalized spacial score (nSPS) is 14.9. The molecule has 0 spiro atoms. The van der Waals surface area contributed by atoms with E-state index in [1.807, 2.05) is 12.1 Å². The van der Waals surface area contributed by atoms with E-state index in [-0.39, 0.29) is 0 Å². The van der Waals surface area contributed by atoms with Gasteiger partial charge in [0.1, 0.15) is 11.2 Å². The molecule has 1 saturated heterocycles. The van der Waals surface area contributed by atoms with Gasteiger partial charge in [-0.25, -0.2) is 0 Å². The van der Waals surface area contributed by atoms with Crippen molar-refractivity contribution in [3.8, 4) is 33.4 Å². The molecule has 0 bridgehead atoms. The molecule has 258 valence electrons.